The molecule has 0 aliphatic heterocycles. The summed E-state index contributed by atoms with van der Waals surface area (Å²) in [6.07, 6.45) is -3.06. The van der Waals surface area contributed by atoms with Crippen LogP contribution in [0, 0.1) is 0 Å². The van der Waals surface area contributed by atoms with E-state index in [2.05, 4.69) is 15.9 Å². The number of benzene rings is 1. The smallest absolute Gasteiger partial charge is 0.285 e. The summed E-state index contributed by atoms with van der Waals surface area (Å²) in [5.74, 6) is 0. The third-order valence-electron chi connectivity index (χ3n) is 1.39. The molecular weight excluding hydrogens is 249 g/mol. The van der Waals surface area contributed by atoms with Gasteiger partial charge in [0.15, 0.2) is 0 Å². The van der Waals surface area contributed by atoms with Crippen molar-refractivity contribution in [1.29, 1.82) is 0 Å². The zero-order chi connectivity index (χ0) is 10.1. The monoisotopic (exact) mass is 251 g/mol. The van der Waals surface area contributed by atoms with Gasteiger partial charge in [0.25, 0.3) is 0 Å². The number of rotatable bonds is 1. The maximum absolute atomic E-state index is 12.2. The molecule has 5 heteroatoms. The van der Waals surface area contributed by atoms with Crippen LogP contribution in [0.5, 0.6) is 0 Å². The van der Waals surface area contributed by atoms with Gasteiger partial charge in [0, 0.05) is 10.0 Å². The van der Waals surface area contributed by atoms with Crippen LogP contribution in [0.4, 0.5) is 13.2 Å². The van der Waals surface area contributed by atoms with Crippen LogP contribution in [0.1, 0.15) is 11.1 Å². The normalized spacial score (nSPS) is 11.4. The number of hydrogen-bond acceptors (Lipinski definition) is 1. The minimum Gasteiger partial charge on any atom is -0.285 e. The highest BCUT2D eigenvalue weighted by Gasteiger charge is 2.33. The van der Waals surface area contributed by atoms with Crippen molar-refractivity contribution >= 4 is 22.2 Å². The molecule has 0 spiro atoms. The SMILES string of the molecule is O=[C]c1ccc(Br)c(C(F)(F)F)c1. The van der Waals surface area contributed by atoms with Crippen molar-refractivity contribution < 1.29 is 18.0 Å². The molecule has 0 amide bonds. The van der Waals surface area contributed by atoms with Gasteiger partial charge >= 0.3 is 6.18 Å². The molecule has 1 aromatic carbocycles. The first-order chi connectivity index (χ1) is 5.95. The summed E-state index contributed by atoms with van der Waals surface area (Å²) in [6, 6.07) is 3.17. The zero-order valence-electron chi connectivity index (χ0n) is 6.15. The van der Waals surface area contributed by atoms with Crippen molar-refractivity contribution in [1.82, 2.24) is 0 Å². The summed E-state index contributed by atoms with van der Waals surface area (Å²) in [5, 5.41) is 0. The molecule has 1 nitrogen and oxygen atoms in total. The van der Waals surface area contributed by atoms with E-state index >= 15 is 0 Å². The van der Waals surface area contributed by atoms with E-state index in [0.29, 0.717) is 0 Å². The molecule has 0 saturated carbocycles. The first-order valence-electron chi connectivity index (χ1n) is 3.20. The predicted molar refractivity (Wildman–Crippen MR) is 43.9 cm³/mol. The van der Waals surface area contributed by atoms with Crippen LogP contribution < -0.4 is 0 Å². The Labute approximate surface area is 80.7 Å². The van der Waals surface area contributed by atoms with Gasteiger partial charge < -0.3 is 0 Å². The van der Waals surface area contributed by atoms with E-state index < -0.39 is 11.7 Å². The van der Waals surface area contributed by atoms with Gasteiger partial charge in [-0.2, -0.15) is 13.2 Å². The second kappa shape index (κ2) is 3.49. The molecule has 1 radical (unpaired) electrons. The average molecular weight is 252 g/mol. The van der Waals surface area contributed by atoms with Crippen LogP contribution in [0.3, 0.4) is 0 Å². The van der Waals surface area contributed by atoms with Gasteiger partial charge in [-0.3, -0.25) is 4.79 Å². The van der Waals surface area contributed by atoms with Gasteiger partial charge in [-0.15, -0.1) is 0 Å². The third kappa shape index (κ3) is 2.30. The molecule has 1 aromatic rings. The highest BCUT2D eigenvalue weighted by atomic mass is 79.9. The molecule has 0 aliphatic rings. The topological polar surface area (TPSA) is 17.1 Å². The van der Waals surface area contributed by atoms with Gasteiger partial charge in [0.05, 0.1) is 5.56 Å². The maximum Gasteiger partial charge on any atom is 0.417 e. The number of carbonyl (C=O) groups excluding carboxylic acids is 1. The minimum atomic E-state index is -4.45. The molecule has 0 N–H and O–H groups in total. The first-order valence-corrected chi connectivity index (χ1v) is 3.99. The lowest BCUT2D eigenvalue weighted by molar-refractivity contribution is -0.138. The van der Waals surface area contributed by atoms with Crippen LogP contribution >= 0.6 is 15.9 Å². The van der Waals surface area contributed by atoms with E-state index in [1.165, 1.54) is 18.4 Å². The Hall–Kier alpha value is -0.840. The summed E-state index contributed by atoms with van der Waals surface area (Å²) < 4.78 is 36.5. The molecule has 0 aromatic heterocycles. The zero-order valence-corrected chi connectivity index (χ0v) is 7.74. The van der Waals surface area contributed by atoms with E-state index in [1.807, 2.05) is 0 Å². The summed E-state index contributed by atoms with van der Waals surface area (Å²) in [5.41, 5.74) is -0.983. The van der Waals surface area contributed by atoms with Crippen LogP contribution in [0.25, 0.3) is 0 Å². The highest BCUT2D eigenvalue weighted by Crippen LogP contribution is 2.34. The molecule has 69 valence electrons. The molecule has 0 heterocycles. The first kappa shape index (κ1) is 10.2. The molecule has 0 unspecified atom stereocenters. The Balaban J connectivity index is 3.27. The summed E-state index contributed by atoms with van der Waals surface area (Å²) in [6.45, 7) is 0. The Morgan fingerprint density at radius 1 is 1.31 bits per heavy atom. The fraction of sp³-hybridized carbons (Fsp3) is 0.125. The summed E-state index contributed by atoms with van der Waals surface area (Å²) in [7, 11) is 0. The van der Waals surface area contributed by atoms with E-state index in [4.69, 9.17) is 0 Å². The lowest BCUT2D eigenvalue weighted by Crippen LogP contribution is -2.06. The molecule has 0 bridgehead atoms. The van der Waals surface area contributed by atoms with Gasteiger partial charge in [0.2, 0.25) is 6.29 Å². The summed E-state index contributed by atoms with van der Waals surface area (Å²) in [4.78, 5) is 10.1. The van der Waals surface area contributed by atoms with Crippen molar-refractivity contribution in [3.63, 3.8) is 0 Å². The van der Waals surface area contributed by atoms with E-state index in [1.54, 1.807) is 0 Å². The average Bonchev–Trinajstić information content (AvgIpc) is 2.03. The lowest BCUT2D eigenvalue weighted by atomic mass is 10.1. The maximum atomic E-state index is 12.2. The van der Waals surface area contributed by atoms with Crippen LogP contribution in [0.2, 0.25) is 0 Å². The van der Waals surface area contributed by atoms with Crippen LogP contribution in [0.15, 0.2) is 22.7 Å². The molecule has 0 aliphatic carbocycles. The van der Waals surface area contributed by atoms with Gasteiger partial charge in [-0.05, 0) is 18.2 Å². The summed E-state index contributed by atoms with van der Waals surface area (Å²) >= 11 is 2.75. The Kier molecular flexibility index (Phi) is 2.75. The fourth-order valence-electron chi connectivity index (χ4n) is 0.806. The van der Waals surface area contributed by atoms with Crippen LogP contribution in [-0.2, 0) is 11.0 Å². The van der Waals surface area contributed by atoms with Crippen molar-refractivity contribution in [2.24, 2.45) is 0 Å². The second-order valence-electron chi connectivity index (χ2n) is 2.29. The van der Waals surface area contributed by atoms with Crippen molar-refractivity contribution in [3.8, 4) is 0 Å². The molecule has 0 fully saturated rings. The van der Waals surface area contributed by atoms with Gasteiger partial charge in [-0.25, -0.2) is 0 Å². The number of halogens is 4. The van der Waals surface area contributed by atoms with Crippen molar-refractivity contribution in [3.05, 3.63) is 33.8 Å². The standard InChI is InChI=1S/C8H3BrF3O/c9-7-2-1-5(4-13)3-6(7)8(10,11)12/h1-3H. The van der Waals surface area contributed by atoms with Crippen LogP contribution in [-0.4, -0.2) is 6.29 Å². The Morgan fingerprint density at radius 2 is 1.92 bits per heavy atom. The largest absolute Gasteiger partial charge is 0.417 e. The predicted octanol–water partition coefficient (Wildman–Crippen LogP) is 2.93. The highest BCUT2D eigenvalue weighted by molar-refractivity contribution is 9.10. The Bertz CT molecular complexity index is 333. The number of alkyl halides is 3. The van der Waals surface area contributed by atoms with Crippen molar-refractivity contribution in [2.45, 2.75) is 6.18 Å². The van der Waals surface area contributed by atoms with Gasteiger partial charge in [-0.1, -0.05) is 15.9 Å². The molecule has 0 atom stereocenters. The molecular formula is C8H3BrF3O. The quantitative estimate of drug-likeness (QED) is 0.750. The third-order valence-corrected chi connectivity index (χ3v) is 2.08. The number of hydrogen-bond donors (Lipinski definition) is 0. The molecule has 13 heavy (non-hydrogen) atoms. The molecule has 0 saturated heterocycles. The fourth-order valence-corrected chi connectivity index (χ4v) is 1.28. The van der Waals surface area contributed by atoms with E-state index in [9.17, 15) is 18.0 Å². The Morgan fingerprint density at radius 3 is 2.38 bits per heavy atom. The molecule has 1 rings (SSSR count). The lowest BCUT2D eigenvalue weighted by Gasteiger charge is -2.08. The van der Waals surface area contributed by atoms with Crippen molar-refractivity contribution in [2.75, 3.05) is 0 Å². The second-order valence-corrected chi connectivity index (χ2v) is 3.15. The van der Waals surface area contributed by atoms with E-state index in [0.717, 1.165) is 6.07 Å². The van der Waals surface area contributed by atoms with Gasteiger partial charge in [0.1, 0.15) is 0 Å². The van der Waals surface area contributed by atoms with E-state index in [-0.39, 0.29) is 10.0 Å². The minimum absolute atomic E-state index is 0.0843.